The van der Waals surface area contributed by atoms with Crippen molar-refractivity contribution in [2.75, 3.05) is 11.9 Å². The highest BCUT2D eigenvalue weighted by Gasteiger charge is 2.18. The van der Waals surface area contributed by atoms with Crippen molar-refractivity contribution in [3.8, 4) is 0 Å². The van der Waals surface area contributed by atoms with E-state index < -0.39 is 11.0 Å². The number of aliphatic hydroxyl groups is 1. The Morgan fingerprint density at radius 2 is 2.17 bits per heavy atom. The summed E-state index contributed by atoms with van der Waals surface area (Å²) in [7, 11) is 0. The van der Waals surface area contributed by atoms with E-state index >= 15 is 0 Å². The fraction of sp³-hybridized carbons (Fsp3) is 0.182. The highest BCUT2D eigenvalue weighted by atomic mass is 16.6. The summed E-state index contributed by atoms with van der Waals surface area (Å²) in [6.07, 6.45) is 1.32. The molecule has 7 nitrogen and oxygen atoms in total. The van der Waals surface area contributed by atoms with Crippen LogP contribution >= 0.6 is 0 Å². The van der Waals surface area contributed by atoms with Crippen molar-refractivity contribution in [3.63, 3.8) is 0 Å². The molecule has 1 unspecified atom stereocenters. The first-order valence-corrected chi connectivity index (χ1v) is 5.32. The molecule has 1 aromatic heterocycles. The quantitative estimate of drug-likeness (QED) is 0.549. The number of rotatable bonds is 5. The van der Waals surface area contributed by atoms with E-state index in [1.807, 2.05) is 30.3 Å². The van der Waals surface area contributed by atoms with Gasteiger partial charge in [-0.05, 0) is 10.5 Å². The van der Waals surface area contributed by atoms with Gasteiger partial charge >= 0.3 is 5.82 Å². The van der Waals surface area contributed by atoms with Crippen LogP contribution in [0, 0.1) is 10.1 Å². The second kappa shape index (κ2) is 5.28. The molecule has 0 spiro atoms. The Bertz CT molecular complexity index is 526. The van der Waals surface area contributed by atoms with Crippen LogP contribution in [-0.2, 0) is 0 Å². The van der Waals surface area contributed by atoms with Crippen LogP contribution in [0.2, 0.25) is 0 Å². The molecule has 0 aliphatic carbocycles. The zero-order valence-corrected chi connectivity index (χ0v) is 9.41. The molecule has 0 saturated heterocycles. The third kappa shape index (κ3) is 2.46. The van der Waals surface area contributed by atoms with E-state index in [2.05, 4.69) is 15.5 Å². The van der Waals surface area contributed by atoms with E-state index in [0.717, 1.165) is 5.56 Å². The van der Waals surface area contributed by atoms with E-state index in [1.54, 1.807) is 0 Å². The predicted molar refractivity (Wildman–Crippen MR) is 65.1 cm³/mol. The van der Waals surface area contributed by atoms with E-state index in [0.29, 0.717) is 0 Å². The third-order valence-electron chi connectivity index (χ3n) is 2.52. The predicted octanol–water partition coefficient (Wildman–Crippen LogP) is 1.46. The zero-order chi connectivity index (χ0) is 13.0. The zero-order valence-electron chi connectivity index (χ0n) is 9.41. The van der Waals surface area contributed by atoms with Crippen LogP contribution in [0.4, 0.5) is 11.5 Å². The van der Waals surface area contributed by atoms with Gasteiger partial charge in [-0.2, -0.15) is 0 Å². The summed E-state index contributed by atoms with van der Waals surface area (Å²) in [5, 5.41) is 28.9. The Morgan fingerprint density at radius 3 is 2.78 bits per heavy atom. The van der Waals surface area contributed by atoms with Gasteiger partial charge < -0.3 is 20.5 Å². The van der Waals surface area contributed by atoms with Crippen molar-refractivity contribution in [1.29, 1.82) is 0 Å². The molecule has 0 aliphatic rings. The van der Waals surface area contributed by atoms with Gasteiger partial charge in [0.1, 0.15) is 6.20 Å². The van der Waals surface area contributed by atoms with E-state index in [9.17, 15) is 15.2 Å². The van der Waals surface area contributed by atoms with Crippen LogP contribution in [-0.4, -0.2) is 26.8 Å². The molecule has 3 N–H and O–H groups in total. The summed E-state index contributed by atoms with van der Waals surface area (Å²) in [5.41, 5.74) is 1.10. The van der Waals surface area contributed by atoms with Crippen molar-refractivity contribution in [2.45, 2.75) is 6.04 Å². The smallest absolute Gasteiger partial charge is 0.366 e. The van der Waals surface area contributed by atoms with Crippen LogP contribution in [0.15, 0.2) is 36.5 Å². The number of aliphatic hydroxyl groups excluding tert-OH is 1. The molecule has 1 heterocycles. The Morgan fingerprint density at radius 1 is 1.44 bits per heavy atom. The number of anilines is 1. The van der Waals surface area contributed by atoms with E-state index in [4.69, 9.17) is 0 Å². The molecule has 0 fully saturated rings. The lowest BCUT2D eigenvalue weighted by molar-refractivity contribution is -0.388. The maximum Gasteiger partial charge on any atom is 0.366 e. The number of H-pyrrole nitrogens is 1. The Hall–Kier alpha value is -2.41. The van der Waals surface area contributed by atoms with Crippen molar-refractivity contribution in [2.24, 2.45) is 0 Å². The lowest BCUT2D eigenvalue weighted by Crippen LogP contribution is -2.15. The number of nitro groups is 1. The molecule has 0 amide bonds. The average Bonchev–Trinajstić information content (AvgIpc) is 2.85. The lowest BCUT2D eigenvalue weighted by Gasteiger charge is -2.16. The van der Waals surface area contributed by atoms with Crippen molar-refractivity contribution < 1.29 is 10.0 Å². The first-order chi connectivity index (χ1) is 8.72. The molecule has 2 aromatic rings. The maximum atomic E-state index is 10.7. The van der Waals surface area contributed by atoms with E-state index in [-0.39, 0.29) is 18.1 Å². The van der Waals surface area contributed by atoms with E-state index in [1.165, 1.54) is 6.20 Å². The highest BCUT2D eigenvalue weighted by Crippen LogP contribution is 2.25. The molecule has 0 aliphatic heterocycles. The molecule has 2 rings (SSSR count). The molecule has 1 aromatic carbocycles. The monoisotopic (exact) mass is 248 g/mol. The Balaban J connectivity index is 2.21. The highest BCUT2D eigenvalue weighted by molar-refractivity contribution is 5.56. The summed E-state index contributed by atoms with van der Waals surface area (Å²) < 4.78 is 0. The number of hydrogen-bond acceptors (Lipinski definition) is 5. The molecule has 18 heavy (non-hydrogen) atoms. The molecular weight excluding hydrogens is 236 g/mol. The lowest BCUT2D eigenvalue weighted by atomic mass is 10.1. The van der Waals surface area contributed by atoms with Gasteiger partial charge in [0.15, 0.2) is 5.69 Å². The summed E-state index contributed by atoms with van der Waals surface area (Å²) >= 11 is 0. The first kappa shape index (κ1) is 12.1. The molecule has 0 saturated carbocycles. The Labute approximate surface area is 103 Å². The summed E-state index contributed by atoms with van der Waals surface area (Å²) in [5.74, 6) is -0.218. The number of benzene rings is 1. The first-order valence-electron chi connectivity index (χ1n) is 5.32. The Kier molecular flexibility index (Phi) is 3.54. The molecule has 0 radical (unpaired) electrons. The average molecular weight is 248 g/mol. The fourth-order valence-electron chi connectivity index (χ4n) is 1.63. The SMILES string of the molecule is O=[N+]([O-])c1[nH]ncc1NC(CO)c1ccccc1. The van der Waals surface area contributed by atoms with Gasteiger partial charge in [-0.1, -0.05) is 35.4 Å². The van der Waals surface area contributed by atoms with Crippen LogP contribution in [0.1, 0.15) is 11.6 Å². The van der Waals surface area contributed by atoms with Crippen LogP contribution in [0.3, 0.4) is 0 Å². The van der Waals surface area contributed by atoms with Crippen molar-refractivity contribution >= 4 is 11.5 Å². The molecule has 1 atom stereocenters. The number of nitrogens with one attached hydrogen (secondary N) is 2. The molecule has 0 bridgehead atoms. The van der Waals surface area contributed by atoms with Gasteiger partial charge in [0.2, 0.25) is 0 Å². The molecule has 7 heteroatoms. The van der Waals surface area contributed by atoms with Crippen LogP contribution in [0.5, 0.6) is 0 Å². The number of aromatic amines is 1. The topological polar surface area (TPSA) is 104 Å². The third-order valence-corrected chi connectivity index (χ3v) is 2.52. The van der Waals surface area contributed by atoms with Gasteiger partial charge in [-0.3, -0.25) is 0 Å². The standard InChI is InChI=1S/C11H12N4O3/c16-7-10(8-4-2-1-3-5-8)13-9-6-12-14-11(9)15(17)18/h1-6,10,13,16H,7H2,(H,12,14). The van der Waals surface area contributed by atoms with Crippen LogP contribution < -0.4 is 5.32 Å². The van der Waals surface area contributed by atoms with Gasteiger partial charge in [-0.25, -0.2) is 0 Å². The van der Waals surface area contributed by atoms with Crippen molar-refractivity contribution in [3.05, 3.63) is 52.2 Å². The second-order valence-electron chi connectivity index (χ2n) is 3.68. The minimum Gasteiger partial charge on any atom is -0.394 e. The number of nitrogens with zero attached hydrogens (tertiary/aromatic N) is 2. The summed E-state index contributed by atoms with van der Waals surface area (Å²) in [6, 6.07) is 8.78. The number of hydrogen-bond donors (Lipinski definition) is 3. The maximum absolute atomic E-state index is 10.7. The fourth-order valence-corrected chi connectivity index (χ4v) is 1.63. The normalized spacial score (nSPS) is 12.1. The largest absolute Gasteiger partial charge is 0.394 e. The van der Waals surface area contributed by atoms with Crippen molar-refractivity contribution in [1.82, 2.24) is 10.2 Å². The molecular formula is C11H12N4O3. The van der Waals surface area contributed by atoms with Gasteiger partial charge in [0, 0.05) is 0 Å². The minimum atomic E-state index is -0.561. The van der Waals surface area contributed by atoms with Gasteiger partial charge in [-0.15, -0.1) is 5.10 Å². The second-order valence-corrected chi connectivity index (χ2v) is 3.68. The summed E-state index contributed by atoms with van der Waals surface area (Å²) in [6.45, 7) is -0.174. The molecule has 94 valence electrons. The minimum absolute atomic E-state index is 0.174. The van der Waals surface area contributed by atoms with Crippen LogP contribution in [0.25, 0.3) is 0 Å². The number of aromatic nitrogens is 2. The summed E-state index contributed by atoms with van der Waals surface area (Å²) in [4.78, 5) is 10.2. The van der Waals surface area contributed by atoms with Gasteiger partial charge in [0.05, 0.1) is 12.6 Å². The van der Waals surface area contributed by atoms with Gasteiger partial charge in [0.25, 0.3) is 0 Å².